The number of thioether (sulfide) groups is 1. The second-order valence-electron chi connectivity index (χ2n) is 16.2. The fourth-order valence-electron chi connectivity index (χ4n) is 8.21. The summed E-state index contributed by atoms with van der Waals surface area (Å²) >= 11 is 1.38. The minimum atomic E-state index is -2.38. The third kappa shape index (κ3) is 11.0. The summed E-state index contributed by atoms with van der Waals surface area (Å²) in [5.74, 6) is -2.89. The van der Waals surface area contributed by atoms with E-state index < -0.39 is 133 Å². The molecule has 5 aliphatic rings. The number of amides is 2. The van der Waals surface area contributed by atoms with Gasteiger partial charge in [-0.05, 0) is 33.4 Å². The van der Waals surface area contributed by atoms with Gasteiger partial charge in [0.25, 0.3) is 0 Å². The summed E-state index contributed by atoms with van der Waals surface area (Å²) in [4.78, 5) is 56.7. The fraction of sp³-hybridized carbons (Fsp3) is 0.676. The van der Waals surface area contributed by atoms with Crippen molar-refractivity contribution in [3.63, 3.8) is 0 Å². The molecule has 0 spiro atoms. The molecular formula is C37H56KN9O16S. The van der Waals surface area contributed by atoms with Crippen LogP contribution in [0.15, 0.2) is 40.3 Å². The molecule has 1 saturated carbocycles. The molecule has 1 aliphatic carbocycles. The number of guanidine groups is 2. The Hall–Kier alpha value is -2.65. The van der Waals surface area contributed by atoms with Gasteiger partial charge in [-0.15, -0.1) is 11.8 Å². The second kappa shape index (κ2) is 22.0. The molecule has 1 aromatic carbocycles. The van der Waals surface area contributed by atoms with E-state index in [-0.39, 0.29) is 81.3 Å². The van der Waals surface area contributed by atoms with E-state index in [1.165, 1.54) is 30.6 Å². The molecule has 2 amide bonds. The number of aliphatic imine (C=N–C) groups is 2. The summed E-state index contributed by atoms with van der Waals surface area (Å²) in [7, 11) is 1.42. The maximum Gasteiger partial charge on any atom is 1.00 e. The molecule has 0 aromatic heterocycles. The van der Waals surface area contributed by atoms with Crippen molar-refractivity contribution in [2.45, 2.75) is 141 Å². The number of nitrogens with two attached hydrogens (primary N) is 4. The van der Waals surface area contributed by atoms with Gasteiger partial charge in [0.15, 0.2) is 36.4 Å². The number of nitrogens with zero attached hydrogens (tertiary/aromatic N) is 3. The topological polar surface area (TPSA) is 426 Å². The number of β-lactam (4-membered cyclic amide) rings is 1. The number of carbonyl (C=O) groups is 4. The molecule has 4 heterocycles. The number of likely N-dealkylation sites (N-methyl/N-ethyl adjacent to an activating group) is 1. The summed E-state index contributed by atoms with van der Waals surface area (Å²) in [6.07, 6.45) is -17.1. The molecule has 27 heteroatoms. The number of hydrogen-bond acceptors (Lipinski definition) is 20. The summed E-state index contributed by atoms with van der Waals surface area (Å²) in [6.45, 7) is 4.16. The van der Waals surface area contributed by atoms with Gasteiger partial charge in [-0.2, -0.15) is 0 Å². The number of ether oxygens (including phenoxy) is 4. The molecule has 17 N–H and O–H groups in total. The van der Waals surface area contributed by atoms with Crippen molar-refractivity contribution in [1.82, 2.24) is 15.5 Å². The standard InChI is InChI=1S/C21H39N7O12.C16H18N2O4S.K/c1-5-21(36,4-30)16(40-17-9(26-2)13(34)10(31)6(3-29)38-17)18(37-5)39-15-8(28-20(24)25)11(32)7(27-19(22)23)12(33)14(15)35;1-16(2)12(15(21)22)18-13(20)11(14(18)23-16)17-10(19)8-9-6-4-3-5-7-9;/h4-18,26,29,31-36H,3H2,1-2H3,(H4,22,23,27)(H4,24,25,28);3-7,11-12,14H,8H2,1-2H3,(H,17,19)(H,21,22);/q;;+1/p-1/t5-,6-,7+,8-,9-,10-,11+,12-,13-,14+,15+,16-,17-,18-,21+;11-,12+,14-;/m01./s1. The van der Waals surface area contributed by atoms with Gasteiger partial charge in [-0.3, -0.25) is 14.4 Å². The van der Waals surface area contributed by atoms with Crippen LogP contribution in [-0.2, 0) is 44.5 Å². The Labute approximate surface area is 413 Å². The van der Waals surface area contributed by atoms with Crippen LogP contribution < -0.4 is 90.1 Å². The van der Waals surface area contributed by atoms with Gasteiger partial charge in [0.05, 0.1) is 37.2 Å². The number of rotatable bonds is 13. The van der Waals surface area contributed by atoms with Crippen LogP contribution in [0.1, 0.15) is 26.3 Å². The summed E-state index contributed by atoms with van der Waals surface area (Å²) in [5.41, 5.74) is 20.2. The zero-order chi connectivity index (χ0) is 46.9. The van der Waals surface area contributed by atoms with Gasteiger partial charge < -0.3 is 103 Å². The SMILES string of the molecule is CC1(C)S[C@@H]2[C@H](NC(=O)Cc3ccccc3)C(=O)N2[C@H]1C(=O)[O-].CN[C@@H]1[C@H](O[C@H]2[C@H](O[C@H]3[C@H](O)[C@@H](O)[C@H](N=C(N)N)[C@@H](O)[C@@H]3N=C(N)N)O[C@@H](C)[C@]2(O)C=O)O[C@@H](CO)[C@H](O)[C@H]1O.[K+]. The van der Waals surface area contributed by atoms with Crippen LogP contribution in [0.5, 0.6) is 0 Å². The van der Waals surface area contributed by atoms with E-state index in [0.717, 1.165) is 5.56 Å². The third-order valence-corrected chi connectivity index (χ3v) is 13.1. The molecule has 1 aromatic rings. The molecule has 18 atom stereocenters. The molecule has 0 bridgehead atoms. The Kier molecular flexibility index (Phi) is 18.5. The van der Waals surface area contributed by atoms with Crippen LogP contribution >= 0.6 is 11.8 Å². The third-order valence-electron chi connectivity index (χ3n) is 11.5. The zero-order valence-electron chi connectivity index (χ0n) is 35.6. The molecule has 4 saturated heterocycles. The molecule has 0 radical (unpaired) electrons. The first-order valence-corrected chi connectivity index (χ1v) is 20.6. The van der Waals surface area contributed by atoms with Gasteiger partial charge in [-0.1, -0.05) is 30.3 Å². The van der Waals surface area contributed by atoms with E-state index in [0.29, 0.717) is 0 Å². The van der Waals surface area contributed by atoms with Crippen molar-refractivity contribution in [3.05, 3.63) is 35.9 Å². The van der Waals surface area contributed by atoms with Gasteiger partial charge in [0.2, 0.25) is 11.8 Å². The number of aliphatic hydroxyl groups is 7. The summed E-state index contributed by atoms with van der Waals surface area (Å²) in [5, 5.41) is 90.3. The Morgan fingerprint density at radius 2 is 1.55 bits per heavy atom. The summed E-state index contributed by atoms with van der Waals surface area (Å²) in [6, 6.07) is 3.53. The predicted octanol–water partition coefficient (Wildman–Crippen LogP) is -11.6. The van der Waals surface area contributed by atoms with Crippen LogP contribution in [0.3, 0.4) is 0 Å². The number of nitrogens with one attached hydrogen (secondary N) is 2. The number of aldehydes is 1. The maximum absolute atomic E-state index is 12.2. The number of benzene rings is 1. The van der Waals surface area contributed by atoms with Gasteiger partial charge in [0, 0.05) is 4.75 Å². The van der Waals surface area contributed by atoms with Crippen LogP contribution in [0.4, 0.5) is 0 Å². The Morgan fingerprint density at radius 1 is 0.938 bits per heavy atom. The van der Waals surface area contributed by atoms with Gasteiger partial charge in [0.1, 0.15) is 72.3 Å². The van der Waals surface area contributed by atoms with Crippen molar-refractivity contribution < 1.29 is 130 Å². The molecule has 64 heavy (non-hydrogen) atoms. The van der Waals surface area contributed by atoms with E-state index >= 15 is 0 Å². The van der Waals surface area contributed by atoms with Crippen molar-refractivity contribution in [3.8, 4) is 0 Å². The maximum atomic E-state index is 12.2. The van der Waals surface area contributed by atoms with E-state index in [9.17, 15) is 60.0 Å². The number of aliphatic hydroxyl groups excluding tert-OH is 6. The zero-order valence-corrected chi connectivity index (χ0v) is 39.5. The van der Waals surface area contributed by atoms with Gasteiger partial charge >= 0.3 is 51.4 Å². The monoisotopic (exact) mass is 953 g/mol. The van der Waals surface area contributed by atoms with Crippen LogP contribution in [0.25, 0.3) is 0 Å². The number of carbonyl (C=O) groups excluding carboxylic acids is 4. The number of fused-ring (bicyclic) bond motifs is 1. The minimum Gasteiger partial charge on any atom is -0.548 e. The van der Waals surface area contributed by atoms with Crippen LogP contribution in [-0.4, -0.2) is 204 Å². The smallest absolute Gasteiger partial charge is 0.548 e. The molecule has 352 valence electrons. The number of hydrogen-bond donors (Lipinski definition) is 13. The Balaban J connectivity index is 0.000000316. The van der Waals surface area contributed by atoms with Crippen molar-refractivity contribution in [2.75, 3.05) is 13.7 Å². The molecule has 5 fully saturated rings. The fourth-order valence-corrected chi connectivity index (χ4v) is 9.83. The molecule has 4 aliphatic heterocycles. The Morgan fingerprint density at radius 3 is 2.09 bits per heavy atom. The van der Waals surface area contributed by atoms with Crippen molar-refractivity contribution >= 4 is 47.8 Å². The van der Waals surface area contributed by atoms with Crippen LogP contribution in [0.2, 0.25) is 0 Å². The Bertz CT molecular complexity index is 1870. The first kappa shape index (κ1) is 54.0. The van der Waals surface area contributed by atoms with Crippen molar-refractivity contribution in [1.29, 1.82) is 0 Å². The summed E-state index contributed by atoms with van der Waals surface area (Å²) < 4.78 is 22.3. The average Bonchev–Trinajstić information content (AvgIpc) is 3.62. The number of carboxylic acid groups (broad SMARTS) is 1. The van der Waals surface area contributed by atoms with E-state index in [2.05, 4.69) is 20.6 Å². The largest absolute Gasteiger partial charge is 1.00 e. The van der Waals surface area contributed by atoms with E-state index in [1.54, 1.807) is 13.8 Å². The molecule has 0 unspecified atom stereocenters. The molecule has 6 rings (SSSR count). The van der Waals surface area contributed by atoms with Crippen molar-refractivity contribution in [2.24, 2.45) is 32.9 Å². The average molecular weight is 954 g/mol. The molecular weight excluding hydrogens is 898 g/mol. The van der Waals surface area contributed by atoms with Crippen LogP contribution in [0, 0.1) is 0 Å². The minimum absolute atomic E-state index is 0. The van der Waals surface area contributed by atoms with E-state index in [1.807, 2.05) is 30.3 Å². The first-order chi connectivity index (χ1) is 29.5. The van der Waals surface area contributed by atoms with Gasteiger partial charge in [-0.25, -0.2) is 9.98 Å². The predicted molar refractivity (Wildman–Crippen MR) is 216 cm³/mol. The number of carboxylic acids is 1. The first-order valence-electron chi connectivity index (χ1n) is 19.7. The molecule has 25 nitrogen and oxygen atoms in total. The second-order valence-corrected chi connectivity index (χ2v) is 17.9. The van der Waals surface area contributed by atoms with E-state index in [4.69, 9.17) is 41.9 Å². The normalized spacial score (nSPS) is 39.7. The quantitative estimate of drug-likeness (QED) is 0.0287. The number of aliphatic carboxylic acids is 1.